The van der Waals surface area contributed by atoms with Crippen LogP contribution in [0.5, 0.6) is 0 Å². The summed E-state index contributed by atoms with van der Waals surface area (Å²) in [4.78, 5) is 35.3. The van der Waals surface area contributed by atoms with Gasteiger partial charge in [-0.2, -0.15) is 5.10 Å². The first-order valence-electron chi connectivity index (χ1n) is 8.28. The van der Waals surface area contributed by atoms with Crippen molar-refractivity contribution >= 4 is 46.6 Å². The van der Waals surface area contributed by atoms with Crippen molar-refractivity contribution in [1.29, 1.82) is 0 Å². The minimum atomic E-state index is -1.07. The predicted molar refractivity (Wildman–Crippen MR) is 108 cm³/mol. The average molecular weight is 396 g/mol. The molecule has 1 fully saturated rings. The molecular formula is C19H16N4O4S. The molecule has 8 nitrogen and oxygen atoms in total. The maximum atomic E-state index is 12.1. The largest absolute Gasteiger partial charge is 0.478 e. The molecule has 0 radical (unpaired) electrons. The van der Waals surface area contributed by atoms with E-state index in [2.05, 4.69) is 20.8 Å². The van der Waals surface area contributed by atoms with Gasteiger partial charge in [-0.1, -0.05) is 48.2 Å². The molecule has 0 bridgehead atoms. The van der Waals surface area contributed by atoms with Crippen LogP contribution in [0.25, 0.3) is 0 Å². The van der Waals surface area contributed by atoms with Crippen molar-refractivity contribution in [3.05, 3.63) is 65.7 Å². The van der Waals surface area contributed by atoms with Crippen molar-refractivity contribution < 1.29 is 19.5 Å². The number of thioether (sulfide) groups is 1. The third-order valence-corrected chi connectivity index (χ3v) is 4.81. The van der Waals surface area contributed by atoms with Gasteiger partial charge in [0.2, 0.25) is 11.8 Å². The fourth-order valence-corrected chi connectivity index (χ4v) is 3.36. The Bertz CT molecular complexity index is 959. The smallest absolute Gasteiger partial charge is 0.336 e. The molecule has 1 aliphatic heterocycles. The van der Waals surface area contributed by atoms with Crippen LogP contribution >= 0.6 is 11.8 Å². The normalized spacial score (nSPS) is 17.6. The van der Waals surface area contributed by atoms with E-state index in [-0.39, 0.29) is 29.0 Å². The van der Waals surface area contributed by atoms with E-state index in [1.165, 1.54) is 12.3 Å². The maximum Gasteiger partial charge on any atom is 0.336 e. The number of para-hydroxylation sites is 1. The minimum absolute atomic E-state index is 0.00399. The van der Waals surface area contributed by atoms with Crippen molar-refractivity contribution in [1.82, 2.24) is 5.32 Å². The molecule has 1 aliphatic rings. The van der Waals surface area contributed by atoms with Crippen LogP contribution in [0.4, 0.5) is 5.69 Å². The van der Waals surface area contributed by atoms with Gasteiger partial charge in [-0.15, -0.1) is 5.10 Å². The van der Waals surface area contributed by atoms with E-state index in [4.69, 9.17) is 5.11 Å². The highest BCUT2D eigenvalue weighted by molar-refractivity contribution is 8.15. The second kappa shape index (κ2) is 8.96. The Balaban J connectivity index is 1.59. The van der Waals surface area contributed by atoms with Crippen LogP contribution in [0.15, 0.2) is 64.8 Å². The van der Waals surface area contributed by atoms with Crippen LogP contribution in [0.2, 0.25) is 0 Å². The van der Waals surface area contributed by atoms with Gasteiger partial charge in [-0.25, -0.2) is 4.79 Å². The molecule has 3 rings (SSSR count). The molecule has 1 atom stereocenters. The van der Waals surface area contributed by atoms with Crippen LogP contribution in [0.1, 0.15) is 22.3 Å². The van der Waals surface area contributed by atoms with Crippen LogP contribution in [0.3, 0.4) is 0 Å². The van der Waals surface area contributed by atoms with E-state index < -0.39 is 11.2 Å². The number of aromatic carboxylic acids is 1. The lowest BCUT2D eigenvalue weighted by molar-refractivity contribution is -0.122. The lowest BCUT2D eigenvalue weighted by Crippen LogP contribution is -2.28. The van der Waals surface area contributed by atoms with Crippen molar-refractivity contribution in [2.45, 2.75) is 11.7 Å². The maximum absolute atomic E-state index is 12.1. The van der Waals surface area contributed by atoms with E-state index >= 15 is 0 Å². The van der Waals surface area contributed by atoms with Crippen molar-refractivity contribution in [2.75, 3.05) is 5.32 Å². The highest BCUT2D eigenvalue weighted by Gasteiger charge is 2.32. The fraction of sp³-hybridized carbons (Fsp3) is 0.105. The van der Waals surface area contributed by atoms with Crippen LogP contribution in [-0.2, 0) is 9.59 Å². The molecule has 1 saturated heterocycles. The van der Waals surface area contributed by atoms with E-state index in [0.717, 1.165) is 11.8 Å². The van der Waals surface area contributed by atoms with E-state index in [1.807, 2.05) is 6.07 Å². The summed E-state index contributed by atoms with van der Waals surface area (Å²) >= 11 is 1.10. The molecule has 0 aliphatic carbocycles. The number of hydrogen-bond donors (Lipinski definition) is 3. The second-order valence-corrected chi connectivity index (χ2v) is 6.95. The number of carboxylic acid groups (broad SMARTS) is 1. The molecule has 3 N–H and O–H groups in total. The number of benzene rings is 2. The van der Waals surface area contributed by atoms with Crippen molar-refractivity contribution in [2.24, 2.45) is 10.2 Å². The van der Waals surface area contributed by atoms with Gasteiger partial charge in [0, 0.05) is 17.7 Å². The number of rotatable bonds is 6. The number of nitrogens with zero attached hydrogens (tertiary/aromatic N) is 2. The van der Waals surface area contributed by atoms with Gasteiger partial charge >= 0.3 is 5.97 Å². The van der Waals surface area contributed by atoms with Gasteiger partial charge in [-0.05, 0) is 18.2 Å². The molecule has 28 heavy (non-hydrogen) atoms. The summed E-state index contributed by atoms with van der Waals surface area (Å²) < 4.78 is 0. The van der Waals surface area contributed by atoms with Crippen LogP contribution < -0.4 is 10.6 Å². The summed E-state index contributed by atoms with van der Waals surface area (Å²) in [5, 5.41) is 21.8. The molecule has 142 valence electrons. The summed E-state index contributed by atoms with van der Waals surface area (Å²) in [5.74, 6) is -1.67. The molecule has 0 aromatic heterocycles. The number of amidine groups is 1. The van der Waals surface area contributed by atoms with E-state index in [9.17, 15) is 14.4 Å². The number of nitrogens with one attached hydrogen (secondary N) is 2. The lowest BCUT2D eigenvalue weighted by Gasteiger charge is -2.06. The third kappa shape index (κ3) is 5.04. The minimum Gasteiger partial charge on any atom is -0.478 e. The molecule has 2 aromatic carbocycles. The number of carboxylic acids is 1. The Labute approximate surface area is 164 Å². The number of amides is 2. The number of anilines is 1. The Hall–Kier alpha value is -3.46. The van der Waals surface area contributed by atoms with Crippen molar-refractivity contribution in [3.63, 3.8) is 0 Å². The zero-order chi connectivity index (χ0) is 19.9. The molecule has 0 saturated carbocycles. The fourth-order valence-electron chi connectivity index (χ4n) is 2.44. The molecule has 0 unspecified atom stereocenters. The lowest BCUT2D eigenvalue weighted by atomic mass is 10.1. The Morgan fingerprint density at radius 3 is 2.61 bits per heavy atom. The van der Waals surface area contributed by atoms with E-state index in [0.29, 0.717) is 11.3 Å². The zero-order valence-corrected chi connectivity index (χ0v) is 15.3. The Morgan fingerprint density at radius 1 is 1.14 bits per heavy atom. The van der Waals surface area contributed by atoms with Gasteiger partial charge in [0.25, 0.3) is 0 Å². The molecule has 2 aromatic rings. The molecule has 1 heterocycles. The van der Waals surface area contributed by atoms with Crippen LogP contribution in [0, 0.1) is 0 Å². The Kier molecular flexibility index (Phi) is 6.18. The number of carbonyl (C=O) groups excluding carboxylic acids is 2. The number of hydrogen-bond acceptors (Lipinski definition) is 6. The van der Waals surface area contributed by atoms with Gasteiger partial charge < -0.3 is 15.7 Å². The van der Waals surface area contributed by atoms with Gasteiger partial charge in [-0.3, -0.25) is 9.59 Å². The van der Waals surface area contributed by atoms with E-state index in [1.54, 1.807) is 42.5 Å². The first kappa shape index (κ1) is 19.3. The molecule has 0 spiro atoms. The number of carbonyl (C=O) groups is 3. The third-order valence-electron chi connectivity index (χ3n) is 3.74. The van der Waals surface area contributed by atoms with Crippen LogP contribution in [-0.4, -0.2) is 39.5 Å². The summed E-state index contributed by atoms with van der Waals surface area (Å²) in [7, 11) is 0. The van der Waals surface area contributed by atoms with Gasteiger partial charge in [0.15, 0.2) is 5.17 Å². The molecule has 9 heteroatoms. The summed E-state index contributed by atoms with van der Waals surface area (Å²) in [6.07, 6.45) is 1.30. The van der Waals surface area contributed by atoms with Gasteiger partial charge in [0.1, 0.15) is 5.25 Å². The monoisotopic (exact) mass is 396 g/mol. The topological polar surface area (TPSA) is 120 Å². The second-order valence-electron chi connectivity index (χ2n) is 5.76. The summed E-state index contributed by atoms with van der Waals surface area (Å²) in [6, 6.07) is 15.3. The van der Waals surface area contributed by atoms with Crippen molar-refractivity contribution in [3.8, 4) is 0 Å². The first-order valence-corrected chi connectivity index (χ1v) is 9.16. The molecule has 2 amide bonds. The average Bonchev–Trinajstić information content (AvgIpc) is 3.02. The quantitative estimate of drug-likeness (QED) is 0.511. The highest BCUT2D eigenvalue weighted by Crippen LogP contribution is 2.23. The Morgan fingerprint density at radius 2 is 1.86 bits per heavy atom. The zero-order valence-electron chi connectivity index (χ0n) is 14.5. The highest BCUT2D eigenvalue weighted by atomic mass is 32.2. The SMILES string of the molecule is O=C(C[C@@H]1S/C(=N\N=C/c2ccccc2C(=O)O)NC1=O)Nc1ccccc1. The standard InChI is InChI=1S/C19H16N4O4S/c24-16(21-13-7-2-1-3-8-13)10-15-17(25)22-19(28-15)23-20-11-12-6-4-5-9-14(12)18(26)27/h1-9,11,15H,10H2,(H,21,24)(H,26,27)(H,22,23,25)/b20-11-/t15-/m0/s1. The summed E-state index contributed by atoms with van der Waals surface area (Å²) in [5.41, 5.74) is 1.16. The first-order chi connectivity index (χ1) is 13.5. The van der Waals surface area contributed by atoms with Gasteiger partial charge in [0.05, 0.1) is 11.8 Å². The summed E-state index contributed by atoms with van der Waals surface area (Å²) in [6.45, 7) is 0. The predicted octanol–water partition coefficient (Wildman–Crippen LogP) is 2.34. The molecular weight excluding hydrogens is 380 g/mol.